The number of amides is 4. The first-order chi connectivity index (χ1) is 15.5. The fraction of sp³-hybridized carbons (Fsp3) is 0.600. The van der Waals surface area contributed by atoms with E-state index in [4.69, 9.17) is 10.5 Å². The summed E-state index contributed by atoms with van der Waals surface area (Å²) in [7, 11) is 0. The molecule has 2 atom stereocenters. The van der Waals surface area contributed by atoms with Gasteiger partial charge in [0.25, 0.3) is 0 Å². The number of hydrogen-bond acceptors (Lipinski definition) is 5. The van der Waals surface area contributed by atoms with Crippen LogP contribution in [0.25, 0.3) is 0 Å². The van der Waals surface area contributed by atoms with Crippen molar-refractivity contribution in [2.75, 3.05) is 0 Å². The van der Waals surface area contributed by atoms with Gasteiger partial charge in [-0.1, -0.05) is 18.2 Å². The number of nitrogens with one attached hydrogen (secondary N) is 2. The number of benzene rings is 1. The summed E-state index contributed by atoms with van der Waals surface area (Å²) in [5, 5.41) is 5.37. The maximum absolute atomic E-state index is 13.8. The van der Waals surface area contributed by atoms with E-state index in [2.05, 4.69) is 10.6 Å². The summed E-state index contributed by atoms with van der Waals surface area (Å²) in [6.07, 6.45) is -1.29. The van der Waals surface area contributed by atoms with Crippen LogP contribution in [0.5, 0.6) is 0 Å². The third kappa shape index (κ3) is 8.35. The van der Waals surface area contributed by atoms with Gasteiger partial charge in [-0.2, -0.15) is 0 Å². The zero-order valence-corrected chi connectivity index (χ0v) is 21.8. The summed E-state index contributed by atoms with van der Waals surface area (Å²) >= 11 is 0. The predicted molar refractivity (Wildman–Crippen MR) is 131 cm³/mol. The molecule has 0 aliphatic rings. The van der Waals surface area contributed by atoms with E-state index in [0.717, 1.165) is 11.1 Å². The number of carbonyl (C=O) groups is 4. The summed E-state index contributed by atoms with van der Waals surface area (Å²) in [4.78, 5) is 52.9. The number of primary amides is 1. The Morgan fingerprint density at radius 3 is 1.94 bits per heavy atom. The molecule has 1 rings (SSSR count). The van der Waals surface area contributed by atoms with E-state index in [1.807, 2.05) is 45.9 Å². The second-order valence-corrected chi connectivity index (χ2v) is 10.1. The summed E-state index contributed by atoms with van der Waals surface area (Å²) in [5.74, 6) is -1.73. The fourth-order valence-electron chi connectivity index (χ4n) is 3.73. The van der Waals surface area contributed by atoms with Crippen LogP contribution in [0.3, 0.4) is 0 Å². The summed E-state index contributed by atoms with van der Waals surface area (Å²) in [6, 6.07) is 2.75. The third-order valence-corrected chi connectivity index (χ3v) is 4.98. The van der Waals surface area contributed by atoms with E-state index >= 15 is 0 Å². The second kappa shape index (κ2) is 11.9. The number of nitrogens with two attached hydrogens (primary N) is 1. The number of hydrogen-bond donors (Lipinski definition) is 3. The summed E-state index contributed by atoms with van der Waals surface area (Å²) < 4.78 is 5.27. The van der Waals surface area contributed by atoms with Gasteiger partial charge < -0.3 is 26.0 Å². The molecule has 4 N–H and O–H groups in total. The molecule has 0 saturated heterocycles. The lowest BCUT2D eigenvalue weighted by molar-refractivity contribution is -0.145. The molecule has 0 radical (unpaired) electrons. The van der Waals surface area contributed by atoms with Crippen LogP contribution in [-0.2, 0) is 19.1 Å². The highest BCUT2D eigenvalue weighted by Crippen LogP contribution is 2.30. The van der Waals surface area contributed by atoms with E-state index in [9.17, 15) is 19.2 Å². The van der Waals surface area contributed by atoms with Crippen LogP contribution in [0, 0.1) is 13.8 Å². The molecule has 0 aliphatic heterocycles. The molecule has 0 aromatic heterocycles. The van der Waals surface area contributed by atoms with E-state index in [0.29, 0.717) is 5.56 Å². The highest BCUT2D eigenvalue weighted by Gasteiger charge is 2.39. The standard InChI is InChI=1S/C25H40N4O5/c1-14(2)27-22(31)21(20-16(5)11-10-12-17(20)6)29(15(3)4)23(32)18(13-19(26)30)28-24(33)34-25(7,8)9/h10-12,14-15,18,21H,13H2,1-9H3,(H2,26,30)(H,27,31)(H,28,33). The maximum Gasteiger partial charge on any atom is 0.408 e. The van der Waals surface area contributed by atoms with Crippen molar-refractivity contribution in [2.45, 2.75) is 98.5 Å². The fourth-order valence-corrected chi connectivity index (χ4v) is 3.73. The normalized spacial score (nSPS) is 13.3. The Hall–Kier alpha value is -3.10. The zero-order chi connectivity index (χ0) is 26.4. The quantitative estimate of drug-likeness (QED) is 0.504. The third-order valence-electron chi connectivity index (χ3n) is 4.98. The average Bonchev–Trinajstić information content (AvgIpc) is 2.63. The smallest absolute Gasteiger partial charge is 0.408 e. The molecule has 9 nitrogen and oxygen atoms in total. The minimum absolute atomic E-state index is 0.162. The van der Waals surface area contributed by atoms with Crippen molar-refractivity contribution >= 4 is 23.8 Å². The van der Waals surface area contributed by atoms with Crippen LogP contribution in [-0.4, -0.2) is 52.4 Å². The number of carbonyl (C=O) groups excluding carboxylic acids is 4. The number of alkyl carbamates (subject to hydrolysis) is 1. The average molecular weight is 477 g/mol. The van der Waals surface area contributed by atoms with Gasteiger partial charge in [0.1, 0.15) is 17.7 Å². The van der Waals surface area contributed by atoms with Crippen molar-refractivity contribution in [3.8, 4) is 0 Å². The van der Waals surface area contributed by atoms with E-state index in [-0.39, 0.29) is 11.9 Å². The van der Waals surface area contributed by atoms with Gasteiger partial charge >= 0.3 is 6.09 Å². The lowest BCUT2D eigenvalue weighted by Gasteiger charge is -2.38. The molecule has 2 unspecified atom stereocenters. The number of aryl methyl sites for hydroxylation is 2. The van der Waals surface area contributed by atoms with Crippen molar-refractivity contribution in [3.05, 3.63) is 34.9 Å². The summed E-state index contributed by atoms with van der Waals surface area (Å²) in [5.41, 5.74) is 6.96. The highest BCUT2D eigenvalue weighted by atomic mass is 16.6. The molecule has 0 heterocycles. The highest BCUT2D eigenvalue weighted by molar-refractivity contribution is 5.95. The molecule has 34 heavy (non-hydrogen) atoms. The molecule has 1 aromatic carbocycles. The minimum Gasteiger partial charge on any atom is -0.444 e. The van der Waals surface area contributed by atoms with E-state index in [1.54, 1.807) is 34.6 Å². The van der Waals surface area contributed by atoms with Gasteiger partial charge in [0.15, 0.2) is 0 Å². The van der Waals surface area contributed by atoms with Crippen molar-refractivity contribution in [2.24, 2.45) is 5.73 Å². The first-order valence-corrected chi connectivity index (χ1v) is 11.5. The topological polar surface area (TPSA) is 131 Å². The Balaban J connectivity index is 3.57. The first-order valence-electron chi connectivity index (χ1n) is 11.5. The molecule has 0 aliphatic carbocycles. The SMILES string of the molecule is Cc1cccc(C)c1C(C(=O)NC(C)C)N(C(=O)C(CC(N)=O)NC(=O)OC(C)(C)C)C(C)C. The van der Waals surface area contributed by atoms with Crippen molar-refractivity contribution in [3.63, 3.8) is 0 Å². The van der Waals surface area contributed by atoms with Crippen LogP contribution in [0.15, 0.2) is 18.2 Å². The van der Waals surface area contributed by atoms with Gasteiger partial charge in [0, 0.05) is 12.1 Å². The molecule has 0 saturated carbocycles. The van der Waals surface area contributed by atoms with E-state index < -0.39 is 48.1 Å². The van der Waals surface area contributed by atoms with Gasteiger partial charge in [0.2, 0.25) is 17.7 Å². The zero-order valence-electron chi connectivity index (χ0n) is 21.8. The molecule has 1 aromatic rings. The monoisotopic (exact) mass is 476 g/mol. The largest absolute Gasteiger partial charge is 0.444 e. The molecule has 190 valence electrons. The lowest BCUT2D eigenvalue weighted by atomic mass is 9.92. The van der Waals surface area contributed by atoms with E-state index in [1.165, 1.54) is 4.90 Å². The van der Waals surface area contributed by atoms with Gasteiger partial charge in [-0.3, -0.25) is 14.4 Å². The van der Waals surface area contributed by atoms with Crippen LogP contribution in [0.2, 0.25) is 0 Å². The van der Waals surface area contributed by atoms with Crippen LogP contribution >= 0.6 is 0 Å². The maximum atomic E-state index is 13.8. The Morgan fingerprint density at radius 2 is 1.53 bits per heavy atom. The van der Waals surface area contributed by atoms with Crippen molar-refractivity contribution < 1.29 is 23.9 Å². The predicted octanol–water partition coefficient (Wildman–Crippen LogP) is 2.87. The molecular formula is C25H40N4O5. The van der Waals surface area contributed by atoms with Crippen molar-refractivity contribution in [1.29, 1.82) is 0 Å². The van der Waals surface area contributed by atoms with Gasteiger partial charge in [-0.15, -0.1) is 0 Å². The van der Waals surface area contributed by atoms with Gasteiger partial charge in [-0.25, -0.2) is 4.79 Å². The molecule has 0 fully saturated rings. The Kier molecular flexibility index (Phi) is 10.1. The number of nitrogens with zero attached hydrogens (tertiary/aromatic N) is 1. The van der Waals surface area contributed by atoms with Gasteiger partial charge in [0.05, 0.1) is 6.42 Å². The Morgan fingerprint density at radius 1 is 1.00 bits per heavy atom. The molecule has 0 spiro atoms. The number of ether oxygens (including phenoxy) is 1. The molecule has 0 bridgehead atoms. The van der Waals surface area contributed by atoms with Gasteiger partial charge in [-0.05, 0) is 79.0 Å². The Bertz CT molecular complexity index is 885. The van der Waals surface area contributed by atoms with Crippen LogP contribution < -0.4 is 16.4 Å². The van der Waals surface area contributed by atoms with Crippen molar-refractivity contribution in [1.82, 2.24) is 15.5 Å². The lowest BCUT2D eigenvalue weighted by Crippen LogP contribution is -2.56. The first kappa shape index (κ1) is 28.9. The molecule has 9 heteroatoms. The molecular weight excluding hydrogens is 436 g/mol. The Labute approximate surface area is 202 Å². The molecule has 4 amide bonds. The van der Waals surface area contributed by atoms with Crippen LogP contribution in [0.1, 0.15) is 77.6 Å². The summed E-state index contributed by atoms with van der Waals surface area (Å²) in [6.45, 7) is 16.0. The minimum atomic E-state index is -1.30. The number of rotatable bonds is 9. The second-order valence-electron chi connectivity index (χ2n) is 10.1. The van der Waals surface area contributed by atoms with Crippen LogP contribution in [0.4, 0.5) is 4.79 Å².